The first-order valence-corrected chi connectivity index (χ1v) is 6.44. The lowest BCUT2D eigenvalue weighted by molar-refractivity contribution is 0.464. The highest BCUT2D eigenvalue weighted by atomic mass is 35.5. The Bertz CT molecular complexity index is 493. The number of hydrogen-bond donors (Lipinski definition) is 2. The second-order valence-corrected chi connectivity index (χ2v) is 5.41. The van der Waals surface area contributed by atoms with E-state index in [9.17, 15) is 5.11 Å². The third-order valence-corrected chi connectivity index (χ3v) is 3.63. The number of thiazole rings is 1. The lowest BCUT2D eigenvalue weighted by Crippen LogP contribution is -2.12. The Labute approximate surface area is 109 Å². The molecule has 3 nitrogen and oxygen atoms in total. The number of phenolic OH excluding ortho intramolecular Hbond substituents is 1. The maximum Gasteiger partial charge on any atom is 0.121 e. The van der Waals surface area contributed by atoms with Crippen LogP contribution in [0.1, 0.15) is 15.4 Å². The van der Waals surface area contributed by atoms with Crippen molar-refractivity contribution in [2.75, 3.05) is 0 Å². The van der Waals surface area contributed by atoms with Crippen molar-refractivity contribution in [3.8, 4) is 5.75 Å². The van der Waals surface area contributed by atoms with E-state index in [1.54, 1.807) is 29.5 Å². The SMILES string of the molecule is Cc1ncc(CNCc2c(O)cccc2Cl)s1. The van der Waals surface area contributed by atoms with E-state index < -0.39 is 0 Å². The number of hydrogen-bond acceptors (Lipinski definition) is 4. The van der Waals surface area contributed by atoms with Gasteiger partial charge < -0.3 is 10.4 Å². The van der Waals surface area contributed by atoms with Gasteiger partial charge in [0, 0.05) is 34.7 Å². The molecule has 0 saturated carbocycles. The summed E-state index contributed by atoms with van der Waals surface area (Å²) >= 11 is 7.67. The predicted octanol–water partition coefficient (Wildman–Crippen LogP) is 3.10. The Balaban J connectivity index is 1.94. The number of aromatic hydroxyl groups is 1. The molecule has 0 fully saturated rings. The molecule has 0 amide bonds. The molecule has 2 aromatic rings. The van der Waals surface area contributed by atoms with E-state index in [2.05, 4.69) is 10.3 Å². The molecule has 1 aromatic carbocycles. The maximum atomic E-state index is 9.66. The number of aryl methyl sites for hydroxylation is 1. The van der Waals surface area contributed by atoms with Crippen molar-refractivity contribution in [2.45, 2.75) is 20.0 Å². The zero-order valence-corrected chi connectivity index (χ0v) is 11.0. The van der Waals surface area contributed by atoms with Crippen LogP contribution in [0.4, 0.5) is 0 Å². The molecule has 17 heavy (non-hydrogen) atoms. The first kappa shape index (κ1) is 12.4. The van der Waals surface area contributed by atoms with Crippen LogP contribution < -0.4 is 5.32 Å². The Morgan fingerprint density at radius 3 is 2.88 bits per heavy atom. The first-order chi connectivity index (χ1) is 8.16. The first-order valence-electron chi connectivity index (χ1n) is 5.25. The van der Waals surface area contributed by atoms with Gasteiger partial charge in [-0.1, -0.05) is 17.7 Å². The fourth-order valence-corrected chi connectivity index (χ4v) is 2.52. The highest BCUT2D eigenvalue weighted by Gasteiger charge is 2.05. The van der Waals surface area contributed by atoms with E-state index in [1.807, 2.05) is 13.1 Å². The van der Waals surface area contributed by atoms with Gasteiger partial charge in [-0.25, -0.2) is 4.98 Å². The van der Waals surface area contributed by atoms with Gasteiger partial charge in [0.2, 0.25) is 0 Å². The van der Waals surface area contributed by atoms with Gasteiger partial charge in [0.1, 0.15) is 5.75 Å². The molecule has 90 valence electrons. The van der Waals surface area contributed by atoms with Crippen molar-refractivity contribution < 1.29 is 5.11 Å². The second kappa shape index (κ2) is 5.49. The molecule has 0 aliphatic rings. The molecule has 1 heterocycles. The van der Waals surface area contributed by atoms with E-state index in [4.69, 9.17) is 11.6 Å². The normalized spacial score (nSPS) is 10.7. The number of benzene rings is 1. The third-order valence-electron chi connectivity index (χ3n) is 2.36. The van der Waals surface area contributed by atoms with Crippen LogP contribution in [0, 0.1) is 6.92 Å². The molecule has 0 aliphatic carbocycles. The Hall–Kier alpha value is -1.10. The van der Waals surface area contributed by atoms with E-state index in [0.717, 1.165) is 17.1 Å². The molecular weight excluding hydrogens is 256 g/mol. The quantitative estimate of drug-likeness (QED) is 0.896. The minimum atomic E-state index is 0.227. The van der Waals surface area contributed by atoms with Crippen molar-refractivity contribution >= 4 is 22.9 Å². The van der Waals surface area contributed by atoms with Crippen LogP contribution >= 0.6 is 22.9 Å². The lowest BCUT2D eigenvalue weighted by atomic mass is 10.2. The maximum absolute atomic E-state index is 9.66. The fourth-order valence-electron chi connectivity index (χ4n) is 1.52. The average molecular weight is 269 g/mol. The third kappa shape index (κ3) is 3.19. The molecule has 0 aliphatic heterocycles. The fraction of sp³-hybridized carbons (Fsp3) is 0.250. The van der Waals surface area contributed by atoms with Gasteiger partial charge in [-0.2, -0.15) is 0 Å². The molecular formula is C12H13ClN2OS. The zero-order valence-electron chi connectivity index (χ0n) is 9.40. The molecule has 0 bridgehead atoms. The molecule has 2 N–H and O–H groups in total. The summed E-state index contributed by atoms with van der Waals surface area (Å²) in [6.07, 6.45) is 1.86. The van der Waals surface area contributed by atoms with Crippen LogP contribution in [0.25, 0.3) is 0 Å². The van der Waals surface area contributed by atoms with Crippen molar-refractivity contribution in [1.29, 1.82) is 0 Å². The van der Waals surface area contributed by atoms with Gasteiger partial charge >= 0.3 is 0 Å². The summed E-state index contributed by atoms with van der Waals surface area (Å²) in [5, 5.41) is 14.5. The summed E-state index contributed by atoms with van der Waals surface area (Å²) in [6.45, 7) is 3.26. The van der Waals surface area contributed by atoms with E-state index in [-0.39, 0.29) is 5.75 Å². The monoisotopic (exact) mass is 268 g/mol. The molecule has 1 aromatic heterocycles. The van der Waals surface area contributed by atoms with Gasteiger partial charge in [-0.3, -0.25) is 0 Å². The minimum Gasteiger partial charge on any atom is -0.508 e. The van der Waals surface area contributed by atoms with Crippen LogP contribution in [0.3, 0.4) is 0 Å². The summed E-state index contributed by atoms with van der Waals surface area (Å²) in [7, 11) is 0. The van der Waals surface area contributed by atoms with Crippen molar-refractivity contribution in [2.24, 2.45) is 0 Å². The summed E-state index contributed by atoms with van der Waals surface area (Å²) in [4.78, 5) is 5.36. The van der Waals surface area contributed by atoms with Gasteiger partial charge in [-0.15, -0.1) is 11.3 Å². The van der Waals surface area contributed by atoms with Crippen molar-refractivity contribution in [1.82, 2.24) is 10.3 Å². The van der Waals surface area contributed by atoms with Crippen molar-refractivity contribution in [3.05, 3.63) is 44.9 Å². The highest BCUT2D eigenvalue weighted by Crippen LogP contribution is 2.25. The van der Waals surface area contributed by atoms with E-state index in [1.165, 1.54) is 4.88 Å². The predicted molar refractivity (Wildman–Crippen MR) is 70.5 cm³/mol. The van der Waals surface area contributed by atoms with Gasteiger partial charge in [0.25, 0.3) is 0 Å². The Kier molecular flexibility index (Phi) is 3.99. The number of halogens is 1. The number of nitrogens with one attached hydrogen (secondary N) is 1. The van der Waals surface area contributed by atoms with E-state index in [0.29, 0.717) is 11.6 Å². The van der Waals surface area contributed by atoms with Crippen LogP contribution in [-0.2, 0) is 13.1 Å². The zero-order chi connectivity index (χ0) is 12.3. The highest BCUT2D eigenvalue weighted by molar-refractivity contribution is 7.11. The topological polar surface area (TPSA) is 45.2 Å². The molecule has 2 rings (SSSR count). The van der Waals surface area contributed by atoms with Crippen LogP contribution in [0.5, 0.6) is 5.75 Å². The smallest absolute Gasteiger partial charge is 0.121 e. The Morgan fingerprint density at radius 2 is 2.24 bits per heavy atom. The molecule has 5 heteroatoms. The summed E-state index contributed by atoms with van der Waals surface area (Å²) in [6, 6.07) is 5.14. The van der Waals surface area contributed by atoms with Gasteiger partial charge in [0.05, 0.1) is 5.01 Å². The number of nitrogens with zero attached hydrogens (tertiary/aromatic N) is 1. The molecule has 0 radical (unpaired) electrons. The molecule has 0 saturated heterocycles. The molecule has 0 unspecified atom stereocenters. The van der Waals surface area contributed by atoms with Crippen LogP contribution in [-0.4, -0.2) is 10.1 Å². The number of rotatable bonds is 4. The average Bonchev–Trinajstić information content (AvgIpc) is 2.69. The van der Waals surface area contributed by atoms with Gasteiger partial charge in [-0.05, 0) is 19.1 Å². The van der Waals surface area contributed by atoms with E-state index >= 15 is 0 Å². The molecule has 0 atom stereocenters. The summed E-state index contributed by atoms with van der Waals surface area (Å²) in [5.74, 6) is 0.227. The number of phenols is 1. The standard InChI is InChI=1S/C12H13ClN2OS/c1-8-15-6-9(17-8)5-14-7-10-11(13)3-2-4-12(10)16/h2-4,6,14,16H,5,7H2,1H3. The van der Waals surface area contributed by atoms with Crippen LogP contribution in [0.15, 0.2) is 24.4 Å². The lowest BCUT2D eigenvalue weighted by Gasteiger charge is -2.07. The summed E-state index contributed by atoms with van der Waals surface area (Å²) < 4.78 is 0. The van der Waals surface area contributed by atoms with Crippen LogP contribution in [0.2, 0.25) is 5.02 Å². The second-order valence-electron chi connectivity index (χ2n) is 3.69. The van der Waals surface area contributed by atoms with Gasteiger partial charge in [0.15, 0.2) is 0 Å². The van der Waals surface area contributed by atoms with Crippen molar-refractivity contribution in [3.63, 3.8) is 0 Å². The summed E-state index contributed by atoms with van der Waals surface area (Å²) in [5.41, 5.74) is 0.732. The largest absolute Gasteiger partial charge is 0.508 e. The minimum absolute atomic E-state index is 0.227. The Morgan fingerprint density at radius 1 is 1.41 bits per heavy atom. The number of aromatic nitrogens is 1. The molecule has 0 spiro atoms.